The number of aryl methyl sites for hydroxylation is 1. The fourth-order valence-corrected chi connectivity index (χ4v) is 0.862. The summed E-state index contributed by atoms with van der Waals surface area (Å²) in [7, 11) is 1.76. The molecule has 0 aliphatic rings. The molecule has 0 radical (unpaired) electrons. The first-order valence-corrected chi connectivity index (χ1v) is 3.42. The van der Waals surface area contributed by atoms with E-state index in [4.69, 9.17) is 10.6 Å². The van der Waals surface area contributed by atoms with Crippen molar-refractivity contribution >= 4 is 0 Å². The second kappa shape index (κ2) is 3.75. The van der Waals surface area contributed by atoms with Crippen LogP contribution in [0.15, 0.2) is 17.4 Å². The second-order valence-corrected chi connectivity index (χ2v) is 2.32. The summed E-state index contributed by atoms with van der Waals surface area (Å²) in [6, 6.07) is 1.13. The summed E-state index contributed by atoms with van der Waals surface area (Å²) in [5, 5.41) is 16.2. The first-order chi connectivity index (χ1) is 5.77. The highest BCUT2D eigenvalue weighted by Gasteiger charge is 2.09. The minimum Gasteiger partial charge on any atom is -0.396 e. The molecule has 1 heterocycles. The maximum atomic E-state index is 8.81. The van der Waals surface area contributed by atoms with Crippen LogP contribution in [0.5, 0.6) is 0 Å². The smallest absolute Gasteiger partial charge is 0.105 e. The molecule has 6 heteroatoms. The van der Waals surface area contributed by atoms with Gasteiger partial charge in [0.25, 0.3) is 0 Å². The van der Waals surface area contributed by atoms with Gasteiger partial charge in [-0.25, -0.2) is 0 Å². The zero-order valence-corrected chi connectivity index (χ0v) is 6.62. The zero-order valence-electron chi connectivity index (χ0n) is 6.62. The minimum absolute atomic E-state index is 0.221. The normalized spacial score (nSPS) is 12.2. The van der Waals surface area contributed by atoms with E-state index in [1.807, 2.05) is 0 Å². The number of azide groups is 1. The largest absolute Gasteiger partial charge is 0.396 e. The Kier molecular flexibility index (Phi) is 2.68. The number of aromatic nitrogens is 2. The Balaban J connectivity index is 2.86. The molecule has 1 atom stereocenters. The Hall–Kier alpha value is -1.52. The Morgan fingerprint density at radius 2 is 2.67 bits per heavy atom. The van der Waals surface area contributed by atoms with Gasteiger partial charge in [0.1, 0.15) is 6.04 Å². The van der Waals surface area contributed by atoms with Crippen LogP contribution >= 0.6 is 0 Å². The van der Waals surface area contributed by atoms with Gasteiger partial charge in [0.2, 0.25) is 0 Å². The molecule has 0 fully saturated rings. The molecule has 0 saturated heterocycles. The third-order valence-corrected chi connectivity index (χ3v) is 1.44. The number of rotatable bonds is 3. The van der Waals surface area contributed by atoms with Gasteiger partial charge in [-0.2, -0.15) is 5.10 Å². The van der Waals surface area contributed by atoms with Gasteiger partial charge in [-0.1, -0.05) is 5.11 Å². The molecule has 1 aromatic rings. The molecule has 6 nitrogen and oxygen atoms in total. The van der Waals surface area contributed by atoms with Crippen molar-refractivity contribution in [2.24, 2.45) is 12.2 Å². The first kappa shape index (κ1) is 8.58. The predicted molar refractivity (Wildman–Crippen MR) is 42.2 cm³/mol. The molecule has 0 bridgehead atoms. The molecule has 1 unspecified atom stereocenters. The monoisotopic (exact) mass is 167 g/mol. The maximum Gasteiger partial charge on any atom is 0.105 e. The van der Waals surface area contributed by atoms with Gasteiger partial charge in [-0.05, 0) is 11.6 Å². The average Bonchev–Trinajstić information content (AvgIpc) is 2.47. The summed E-state index contributed by atoms with van der Waals surface area (Å²) in [6.07, 6.45) is 1.73. The lowest BCUT2D eigenvalue weighted by atomic mass is 10.2. The molecule has 0 aliphatic carbocycles. The zero-order chi connectivity index (χ0) is 8.97. The van der Waals surface area contributed by atoms with E-state index in [-0.39, 0.29) is 6.61 Å². The fraction of sp³-hybridized carbons (Fsp3) is 0.500. The molecule has 12 heavy (non-hydrogen) atoms. The van der Waals surface area contributed by atoms with Gasteiger partial charge < -0.3 is 5.11 Å². The highest BCUT2D eigenvalue weighted by Crippen LogP contribution is 2.13. The summed E-state index contributed by atoms with van der Waals surface area (Å²) >= 11 is 0. The lowest BCUT2D eigenvalue weighted by Gasteiger charge is -2.01. The van der Waals surface area contributed by atoms with Crippen molar-refractivity contribution in [3.8, 4) is 0 Å². The fourth-order valence-electron chi connectivity index (χ4n) is 0.862. The summed E-state index contributed by atoms with van der Waals surface area (Å²) in [4.78, 5) is 2.61. The first-order valence-electron chi connectivity index (χ1n) is 3.42. The van der Waals surface area contributed by atoms with Crippen LogP contribution in [0.1, 0.15) is 11.7 Å². The van der Waals surface area contributed by atoms with Crippen LogP contribution in [0, 0.1) is 0 Å². The second-order valence-electron chi connectivity index (χ2n) is 2.32. The number of hydrogen-bond donors (Lipinski definition) is 1. The highest BCUT2D eigenvalue weighted by atomic mass is 16.3. The summed E-state index contributed by atoms with van der Waals surface area (Å²) in [5.41, 5.74) is 8.73. The number of aliphatic hydroxyl groups excluding tert-OH is 1. The lowest BCUT2D eigenvalue weighted by molar-refractivity contribution is 0.265. The molecule has 64 valence electrons. The number of aliphatic hydroxyl groups is 1. The average molecular weight is 167 g/mol. The standard InChI is InChI=1S/C6H9N5O/c1-11-3-2-5(9-11)6(4-12)8-10-7/h2-3,6,12H,4H2,1H3. The predicted octanol–water partition coefficient (Wildman–Crippen LogP) is 0.764. The van der Waals surface area contributed by atoms with Gasteiger partial charge in [-0.3, -0.25) is 4.68 Å². The molecule has 1 rings (SSSR count). The van der Waals surface area contributed by atoms with Gasteiger partial charge in [0.05, 0.1) is 12.3 Å². The van der Waals surface area contributed by atoms with Crippen LogP contribution in [0.2, 0.25) is 0 Å². The van der Waals surface area contributed by atoms with Crippen molar-refractivity contribution in [1.82, 2.24) is 9.78 Å². The van der Waals surface area contributed by atoms with Crippen molar-refractivity contribution in [3.05, 3.63) is 28.4 Å². The number of nitrogens with zero attached hydrogens (tertiary/aromatic N) is 5. The van der Waals surface area contributed by atoms with E-state index >= 15 is 0 Å². The van der Waals surface area contributed by atoms with Crippen LogP contribution in [-0.4, -0.2) is 21.5 Å². The molecule has 0 aromatic carbocycles. The van der Waals surface area contributed by atoms with Crippen LogP contribution in [0.3, 0.4) is 0 Å². The van der Waals surface area contributed by atoms with Crippen molar-refractivity contribution in [1.29, 1.82) is 0 Å². The molecular weight excluding hydrogens is 158 g/mol. The van der Waals surface area contributed by atoms with Crippen molar-refractivity contribution in [3.63, 3.8) is 0 Å². The van der Waals surface area contributed by atoms with Gasteiger partial charge in [-0.15, -0.1) is 0 Å². The Morgan fingerprint density at radius 3 is 3.08 bits per heavy atom. The molecular formula is C6H9N5O. The van der Waals surface area contributed by atoms with E-state index in [1.54, 1.807) is 24.0 Å². The molecule has 0 spiro atoms. The summed E-state index contributed by atoms with van der Waals surface area (Å²) in [6.45, 7) is -0.221. The SMILES string of the molecule is Cn1ccc(C(CO)N=[N+]=[N-])n1. The molecule has 1 N–H and O–H groups in total. The van der Waals surface area contributed by atoms with Crippen molar-refractivity contribution in [2.45, 2.75) is 6.04 Å². The minimum atomic E-state index is -0.573. The van der Waals surface area contributed by atoms with E-state index in [0.717, 1.165) is 0 Å². The van der Waals surface area contributed by atoms with E-state index in [2.05, 4.69) is 15.1 Å². The molecule has 0 amide bonds. The van der Waals surface area contributed by atoms with Gasteiger partial charge >= 0.3 is 0 Å². The molecule has 1 aromatic heterocycles. The van der Waals surface area contributed by atoms with E-state index in [1.165, 1.54) is 0 Å². The Bertz CT molecular complexity index is 301. The van der Waals surface area contributed by atoms with Gasteiger partial charge in [0.15, 0.2) is 0 Å². The van der Waals surface area contributed by atoms with E-state index < -0.39 is 6.04 Å². The van der Waals surface area contributed by atoms with E-state index in [9.17, 15) is 0 Å². The van der Waals surface area contributed by atoms with Crippen molar-refractivity contribution < 1.29 is 5.11 Å². The molecule has 0 aliphatic heterocycles. The van der Waals surface area contributed by atoms with Crippen LogP contribution in [0.25, 0.3) is 10.4 Å². The maximum absolute atomic E-state index is 8.81. The van der Waals surface area contributed by atoms with Crippen molar-refractivity contribution in [2.75, 3.05) is 6.61 Å². The summed E-state index contributed by atoms with van der Waals surface area (Å²) < 4.78 is 1.59. The van der Waals surface area contributed by atoms with E-state index in [0.29, 0.717) is 5.69 Å². The third-order valence-electron chi connectivity index (χ3n) is 1.44. The third kappa shape index (κ3) is 1.75. The number of hydrogen-bond acceptors (Lipinski definition) is 3. The highest BCUT2D eigenvalue weighted by molar-refractivity contribution is 5.05. The Labute approximate surface area is 69.1 Å². The van der Waals surface area contributed by atoms with Crippen LogP contribution in [-0.2, 0) is 7.05 Å². The topological polar surface area (TPSA) is 86.8 Å². The Morgan fingerprint density at radius 1 is 1.92 bits per heavy atom. The quantitative estimate of drug-likeness (QED) is 0.409. The van der Waals surface area contributed by atoms with Crippen LogP contribution < -0.4 is 0 Å². The molecule has 0 saturated carbocycles. The van der Waals surface area contributed by atoms with Crippen LogP contribution in [0.4, 0.5) is 0 Å². The summed E-state index contributed by atoms with van der Waals surface area (Å²) in [5.74, 6) is 0. The lowest BCUT2D eigenvalue weighted by Crippen LogP contribution is -2.01. The van der Waals surface area contributed by atoms with Gasteiger partial charge in [0, 0.05) is 18.2 Å².